The van der Waals surface area contributed by atoms with Gasteiger partial charge < -0.3 is 9.47 Å². The van der Waals surface area contributed by atoms with Gasteiger partial charge in [-0.3, -0.25) is 0 Å². The maximum absolute atomic E-state index is 13.0. The van der Waals surface area contributed by atoms with Crippen molar-refractivity contribution in [3.8, 4) is 11.5 Å². The third-order valence-electron chi connectivity index (χ3n) is 3.86. The smallest absolute Gasteiger partial charge is 0.263 e. The number of fused-ring (bicyclic) bond motifs is 1. The van der Waals surface area contributed by atoms with Gasteiger partial charge in [-0.05, 0) is 31.4 Å². The summed E-state index contributed by atoms with van der Waals surface area (Å²) in [6.07, 6.45) is 1.09. The lowest BCUT2D eigenvalue weighted by molar-refractivity contribution is 0.142. The zero-order valence-electron chi connectivity index (χ0n) is 10.7. The van der Waals surface area contributed by atoms with E-state index in [0.29, 0.717) is 43.1 Å². The Bertz CT molecular complexity index is 578. The van der Waals surface area contributed by atoms with Gasteiger partial charge in [0, 0.05) is 11.1 Å². The standard InChI is InChI=1S/C14H13F2NO3/c15-13(16)9-6-10(14(17-8-18)2-1-3-14)12-11(7-9)19-4-5-20-12/h6-7,13H,1-5H2. The summed E-state index contributed by atoms with van der Waals surface area (Å²) in [6, 6.07) is 2.66. The molecule has 1 aliphatic heterocycles. The maximum atomic E-state index is 13.0. The summed E-state index contributed by atoms with van der Waals surface area (Å²) < 4.78 is 37.0. The van der Waals surface area contributed by atoms with Gasteiger partial charge in [0.15, 0.2) is 11.5 Å². The highest BCUT2D eigenvalue weighted by molar-refractivity contribution is 5.55. The molecule has 1 aromatic carbocycles. The molecule has 1 aromatic rings. The first-order valence-electron chi connectivity index (χ1n) is 6.47. The number of alkyl halides is 2. The predicted molar refractivity (Wildman–Crippen MR) is 66.0 cm³/mol. The minimum Gasteiger partial charge on any atom is -0.486 e. The fourth-order valence-corrected chi connectivity index (χ4v) is 2.69. The molecule has 0 N–H and O–H groups in total. The molecule has 0 spiro atoms. The Morgan fingerprint density at radius 1 is 1.25 bits per heavy atom. The van der Waals surface area contributed by atoms with Gasteiger partial charge in [-0.15, -0.1) is 0 Å². The second-order valence-corrected chi connectivity index (χ2v) is 4.98. The van der Waals surface area contributed by atoms with Crippen LogP contribution in [0.4, 0.5) is 8.78 Å². The average Bonchev–Trinajstić information content (AvgIpc) is 2.41. The second kappa shape index (κ2) is 4.87. The third kappa shape index (κ3) is 1.96. The van der Waals surface area contributed by atoms with Gasteiger partial charge in [0.25, 0.3) is 6.43 Å². The van der Waals surface area contributed by atoms with Gasteiger partial charge in [-0.1, -0.05) is 0 Å². The van der Waals surface area contributed by atoms with E-state index in [9.17, 15) is 13.6 Å². The highest BCUT2D eigenvalue weighted by atomic mass is 19.3. The summed E-state index contributed by atoms with van der Waals surface area (Å²) in [5.41, 5.74) is -0.409. The number of aliphatic imine (C=N–C) groups is 1. The topological polar surface area (TPSA) is 47.9 Å². The molecule has 1 saturated carbocycles. The summed E-state index contributed by atoms with van der Waals surface area (Å²) in [6.45, 7) is 0.679. The number of halogens is 2. The monoisotopic (exact) mass is 281 g/mol. The maximum Gasteiger partial charge on any atom is 0.263 e. The normalized spacial score (nSPS) is 19.1. The molecule has 4 nitrogen and oxygen atoms in total. The van der Waals surface area contributed by atoms with Crippen LogP contribution in [0.5, 0.6) is 11.5 Å². The van der Waals surface area contributed by atoms with E-state index in [1.54, 1.807) is 6.08 Å². The summed E-state index contributed by atoms with van der Waals surface area (Å²) in [4.78, 5) is 14.5. The summed E-state index contributed by atoms with van der Waals surface area (Å²) >= 11 is 0. The minimum absolute atomic E-state index is 0.142. The fraction of sp³-hybridized carbons (Fsp3) is 0.500. The number of hydrogen-bond donors (Lipinski definition) is 0. The van der Waals surface area contributed by atoms with Crippen LogP contribution in [0.25, 0.3) is 0 Å². The van der Waals surface area contributed by atoms with E-state index >= 15 is 0 Å². The first kappa shape index (κ1) is 13.1. The Balaban J connectivity index is 2.17. The molecule has 0 radical (unpaired) electrons. The quantitative estimate of drug-likeness (QED) is 0.631. The second-order valence-electron chi connectivity index (χ2n) is 4.98. The van der Waals surface area contributed by atoms with Crippen molar-refractivity contribution in [3.05, 3.63) is 23.3 Å². The first-order valence-corrected chi connectivity index (χ1v) is 6.47. The Morgan fingerprint density at radius 2 is 2.00 bits per heavy atom. The van der Waals surface area contributed by atoms with Crippen molar-refractivity contribution in [1.82, 2.24) is 0 Å². The molecule has 106 valence electrons. The van der Waals surface area contributed by atoms with Gasteiger partial charge in [0.1, 0.15) is 18.8 Å². The van der Waals surface area contributed by atoms with E-state index < -0.39 is 12.0 Å². The lowest BCUT2D eigenvalue weighted by Crippen LogP contribution is -2.33. The van der Waals surface area contributed by atoms with Crippen LogP contribution in [0.1, 0.15) is 36.8 Å². The van der Waals surface area contributed by atoms with Gasteiger partial charge >= 0.3 is 0 Å². The molecule has 0 amide bonds. The number of nitrogens with zero attached hydrogens (tertiary/aromatic N) is 1. The van der Waals surface area contributed by atoms with E-state index in [1.807, 2.05) is 0 Å². The fourth-order valence-electron chi connectivity index (χ4n) is 2.69. The average molecular weight is 281 g/mol. The Hall–Kier alpha value is -1.94. The largest absolute Gasteiger partial charge is 0.486 e. The highest BCUT2D eigenvalue weighted by Crippen LogP contribution is 2.52. The molecule has 1 fully saturated rings. The van der Waals surface area contributed by atoms with Crippen LogP contribution in [0.2, 0.25) is 0 Å². The molecule has 0 bridgehead atoms. The van der Waals surface area contributed by atoms with Crippen LogP contribution < -0.4 is 9.47 Å². The number of carbonyl (C=O) groups excluding carboxylic acids is 1. The van der Waals surface area contributed by atoms with Crippen LogP contribution in [-0.4, -0.2) is 19.3 Å². The number of benzene rings is 1. The molecular weight excluding hydrogens is 268 g/mol. The van der Waals surface area contributed by atoms with Crippen LogP contribution in [0.3, 0.4) is 0 Å². The SMILES string of the molecule is O=C=NC1(c2cc(C(F)F)cc3c2OCCO3)CCC1. The van der Waals surface area contributed by atoms with Crippen molar-refractivity contribution >= 4 is 6.08 Å². The Kier molecular flexibility index (Phi) is 3.18. The van der Waals surface area contributed by atoms with Crippen molar-refractivity contribution in [2.45, 2.75) is 31.2 Å². The molecule has 0 atom stereocenters. The zero-order chi connectivity index (χ0) is 14.2. The molecule has 0 aromatic heterocycles. The molecule has 2 aliphatic rings. The lowest BCUT2D eigenvalue weighted by atomic mass is 9.71. The van der Waals surface area contributed by atoms with Crippen molar-refractivity contribution in [1.29, 1.82) is 0 Å². The molecular formula is C14H13F2NO3. The van der Waals surface area contributed by atoms with E-state index in [1.165, 1.54) is 12.1 Å². The van der Waals surface area contributed by atoms with Gasteiger partial charge in [-0.2, -0.15) is 4.99 Å². The number of rotatable bonds is 3. The number of ether oxygens (including phenoxy) is 2. The Labute approximate surface area is 114 Å². The van der Waals surface area contributed by atoms with E-state index in [-0.39, 0.29) is 5.56 Å². The van der Waals surface area contributed by atoms with Crippen molar-refractivity contribution in [2.75, 3.05) is 13.2 Å². The zero-order valence-corrected chi connectivity index (χ0v) is 10.7. The van der Waals surface area contributed by atoms with Crippen LogP contribution >= 0.6 is 0 Å². The highest BCUT2D eigenvalue weighted by Gasteiger charge is 2.43. The molecule has 1 aliphatic carbocycles. The van der Waals surface area contributed by atoms with Crippen molar-refractivity contribution in [2.24, 2.45) is 4.99 Å². The molecule has 0 unspecified atom stereocenters. The van der Waals surface area contributed by atoms with E-state index in [2.05, 4.69) is 4.99 Å². The third-order valence-corrected chi connectivity index (χ3v) is 3.86. The van der Waals surface area contributed by atoms with E-state index in [0.717, 1.165) is 6.42 Å². The Morgan fingerprint density at radius 3 is 2.60 bits per heavy atom. The first-order chi connectivity index (χ1) is 9.66. The predicted octanol–water partition coefficient (Wildman–Crippen LogP) is 3.11. The number of hydrogen-bond acceptors (Lipinski definition) is 4. The lowest BCUT2D eigenvalue weighted by Gasteiger charge is -2.39. The summed E-state index contributed by atoms with van der Waals surface area (Å²) in [5.74, 6) is 0.732. The number of isocyanates is 1. The molecule has 6 heteroatoms. The van der Waals surface area contributed by atoms with E-state index in [4.69, 9.17) is 9.47 Å². The molecule has 20 heavy (non-hydrogen) atoms. The van der Waals surface area contributed by atoms with Gasteiger partial charge in [0.2, 0.25) is 6.08 Å². The molecule has 1 heterocycles. The van der Waals surface area contributed by atoms with Gasteiger partial charge in [-0.25, -0.2) is 13.6 Å². The van der Waals surface area contributed by atoms with Gasteiger partial charge in [0.05, 0.1) is 0 Å². The van der Waals surface area contributed by atoms with Crippen LogP contribution in [0, 0.1) is 0 Å². The molecule has 3 rings (SSSR count). The minimum atomic E-state index is -2.61. The molecule has 0 saturated heterocycles. The van der Waals surface area contributed by atoms with Crippen LogP contribution in [-0.2, 0) is 10.3 Å². The summed E-state index contributed by atoms with van der Waals surface area (Å²) in [5, 5.41) is 0. The summed E-state index contributed by atoms with van der Waals surface area (Å²) in [7, 11) is 0. The van der Waals surface area contributed by atoms with Crippen molar-refractivity contribution < 1.29 is 23.0 Å². The van der Waals surface area contributed by atoms with Crippen molar-refractivity contribution in [3.63, 3.8) is 0 Å². The van der Waals surface area contributed by atoms with Crippen LogP contribution in [0.15, 0.2) is 17.1 Å².